The van der Waals surface area contributed by atoms with Crippen LogP contribution in [0.5, 0.6) is 0 Å². The zero-order chi connectivity index (χ0) is 12.3. The summed E-state index contributed by atoms with van der Waals surface area (Å²) in [4.78, 5) is 0.882. The molecule has 2 unspecified atom stereocenters. The van der Waals surface area contributed by atoms with E-state index in [0.717, 1.165) is 4.88 Å². The maximum Gasteiger partial charge on any atom is 0.193 e. The first kappa shape index (κ1) is 12.9. The van der Waals surface area contributed by atoms with Crippen LogP contribution in [0.1, 0.15) is 29.3 Å². The number of hydrogen-bond donors (Lipinski definition) is 3. The molecule has 1 aromatic rings. The van der Waals surface area contributed by atoms with E-state index in [-0.39, 0.29) is 19.3 Å². The third-order valence-corrected chi connectivity index (χ3v) is 3.60. The summed E-state index contributed by atoms with van der Waals surface area (Å²) in [6.07, 6.45) is -2.12. The van der Waals surface area contributed by atoms with Crippen LogP contribution in [0.3, 0.4) is 0 Å². The monoisotopic (exact) mass is 260 g/mol. The lowest BCUT2D eigenvalue weighted by Crippen LogP contribution is -2.18. The van der Waals surface area contributed by atoms with E-state index in [1.807, 2.05) is 0 Å². The summed E-state index contributed by atoms with van der Waals surface area (Å²) in [5.41, 5.74) is 0.630. The van der Waals surface area contributed by atoms with E-state index in [2.05, 4.69) is 0 Å². The normalized spacial score (nSPS) is 20.6. The van der Waals surface area contributed by atoms with Crippen LogP contribution in [0.4, 0.5) is 0 Å². The lowest BCUT2D eigenvalue weighted by Gasteiger charge is -2.15. The Morgan fingerprint density at radius 3 is 2.71 bits per heavy atom. The van der Waals surface area contributed by atoms with E-state index in [9.17, 15) is 10.2 Å². The quantitative estimate of drug-likeness (QED) is 0.721. The molecular formula is C11H16O5S. The summed E-state index contributed by atoms with van der Waals surface area (Å²) in [5, 5.41) is 29.9. The number of ether oxygens (including phenoxy) is 2. The van der Waals surface area contributed by atoms with Crippen LogP contribution in [0, 0.1) is 0 Å². The molecule has 0 aromatic carbocycles. The van der Waals surface area contributed by atoms with Crippen molar-refractivity contribution in [1.82, 2.24) is 0 Å². The zero-order valence-corrected chi connectivity index (χ0v) is 10.1. The molecule has 17 heavy (non-hydrogen) atoms. The topological polar surface area (TPSA) is 79.2 Å². The largest absolute Gasteiger partial charge is 0.396 e. The van der Waals surface area contributed by atoms with Crippen LogP contribution < -0.4 is 0 Å². The van der Waals surface area contributed by atoms with Crippen molar-refractivity contribution >= 4 is 11.3 Å². The van der Waals surface area contributed by atoms with Crippen molar-refractivity contribution in [3.63, 3.8) is 0 Å². The van der Waals surface area contributed by atoms with Gasteiger partial charge in [-0.25, -0.2) is 0 Å². The lowest BCUT2D eigenvalue weighted by molar-refractivity contribution is -0.0416. The second kappa shape index (κ2) is 5.90. The van der Waals surface area contributed by atoms with Crippen molar-refractivity contribution in [2.24, 2.45) is 0 Å². The van der Waals surface area contributed by atoms with Crippen LogP contribution in [0.25, 0.3) is 0 Å². The average Bonchev–Trinajstić information content (AvgIpc) is 2.98. The molecular weight excluding hydrogens is 244 g/mol. The molecule has 2 heterocycles. The number of aliphatic hydroxyl groups excluding tert-OH is 3. The van der Waals surface area contributed by atoms with Crippen LogP contribution in [-0.4, -0.2) is 41.2 Å². The summed E-state index contributed by atoms with van der Waals surface area (Å²) in [5.74, 6) is 0. The standard InChI is InChI=1S/C11H16O5S/c12-2-1-8(13)10(14)7-5-9(17-6-7)11-15-3-4-16-11/h5-6,8,10-14H,1-4H2. The molecule has 0 amide bonds. The first-order valence-corrected chi connectivity index (χ1v) is 6.39. The van der Waals surface area contributed by atoms with Crippen LogP contribution in [0.15, 0.2) is 11.4 Å². The van der Waals surface area contributed by atoms with Crippen molar-refractivity contribution in [2.75, 3.05) is 19.8 Å². The van der Waals surface area contributed by atoms with Gasteiger partial charge < -0.3 is 24.8 Å². The molecule has 2 atom stereocenters. The molecule has 2 rings (SSSR count). The molecule has 96 valence electrons. The molecule has 1 saturated heterocycles. The minimum Gasteiger partial charge on any atom is -0.396 e. The fourth-order valence-electron chi connectivity index (χ4n) is 1.68. The van der Waals surface area contributed by atoms with Gasteiger partial charge in [0.05, 0.1) is 24.2 Å². The Balaban J connectivity index is 2.01. The van der Waals surface area contributed by atoms with Gasteiger partial charge in [-0.1, -0.05) is 0 Å². The number of thiophene rings is 1. The highest BCUT2D eigenvalue weighted by atomic mass is 32.1. The summed E-state index contributed by atoms with van der Waals surface area (Å²) in [6.45, 7) is 1.01. The van der Waals surface area contributed by atoms with Crippen molar-refractivity contribution < 1.29 is 24.8 Å². The Labute approximate surface area is 103 Å². The molecule has 5 nitrogen and oxygen atoms in total. The molecule has 0 saturated carbocycles. The highest BCUT2D eigenvalue weighted by molar-refractivity contribution is 7.10. The number of rotatable bonds is 5. The molecule has 0 radical (unpaired) electrons. The zero-order valence-electron chi connectivity index (χ0n) is 9.28. The Bertz CT molecular complexity index is 347. The average molecular weight is 260 g/mol. The van der Waals surface area contributed by atoms with Gasteiger partial charge in [-0.05, 0) is 23.4 Å². The van der Waals surface area contributed by atoms with Gasteiger partial charge in [0, 0.05) is 6.61 Å². The van der Waals surface area contributed by atoms with Crippen molar-refractivity contribution in [1.29, 1.82) is 0 Å². The van der Waals surface area contributed by atoms with Crippen molar-refractivity contribution in [2.45, 2.75) is 24.9 Å². The second-order valence-electron chi connectivity index (χ2n) is 3.88. The summed E-state index contributed by atoms with van der Waals surface area (Å²) in [6, 6.07) is 1.77. The molecule has 0 bridgehead atoms. The van der Waals surface area contributed by atoms with Gasteiger partial charge in [-0.15, -0.1) is 11.3 Å². The number of aliphatic hydroxyl groups is 3. The predicted octanol–water partition coefficient (Wildman–Crippen LogP) is 0.570. The van der Waals surface area contributed by atoms with Crippen molar-refractivity contribution in [3.05, 3.63) is 21.9 Å². The van der Waals surface area contributed by atoms with Crippen LogP contribution >= 0.6 is 11.3 Å². The molecule has 6 heteroatoms. The van der Waals surface area contributed by atoms with Gasteiger partial charge in [-0.3, -0.25) is 0 Å². The first-order chi connectivity index (χ1) is 8.22. The SMILES string of the molecule is OCCC(O)C(O)c1csc(C2OCCO2)c1. The highest BCUT2D eigenvalue weighted by Gasteiger charge is 2.24. The first-order valence-electron chi connectivity index (χ1n) is 5.51. The Kier molecular flexibility index (Phi) is 4.49. The van der Waals surface area contributed by atoms with Crippen LogP contribution in [-0.2, 0) is 9.47 Å². The molecule has 1 aliphatic rings. The van der Waals surface area contributed by atoms with Gasteiger partial charge >= 0.3 is 0 Å². The van der Waals surface area contributed by atoms with Gasteiger partial charge in [-0.2, -0.15) is 0 Å². The fourth-order valence-corrected chi connectivity index (χ4v) is 2.61. The minimum absolute atomic E-state index is 0.149. The second-order valence-corrected chi connectivity index (χ2v) is 4.82. The summed E-state index contributed by atoms with van der Waals surface area (Å²) >= 11 is 1.43. The molecule has 1 aliphatic heterocycles. The Morgan fingerprint density at radius 1 is 1.35 bits per heavy atom. The maximum absolute atomic E-state index is 9.84. The predicted molar refractivity (Wildman–Crippen MR) is 61.6 cm³/mol. The lowest BCUT2D eigenvalue weighted by atomic mass is 10.1. The van der Waals surface area contributed by atoms with Gasteiger partial charge in [0.25, 0.3) is 0 Å². The van der Waals surface area contributed by atoms with Gasteiger partial charge in [0.1, 0.15) is 6.10 Å². The Hall–Kier alpha value is -0.500. The summed E-state index contributed by atoms with van der Waals surface area (Å²) < 4.78 is 10.7. The Morgan fingerprint density at radius 2 is 2.06 bits per heavy atom. The molecule has 0 spiro atoms. The van der Waals surface area contributed by atoms with E-state index in [1.165, 1.54) is 11.3 Å². The van der Waals surface area contributed by atoms with E-state index >= 15 is 0 Å². The molecule has 1 aromatic heterocycles. The molecule has 1 fully saturated rings. The van der Waals surface area contributed by atoms with Crippen LogP contribution in [0.2, 0.25) is 0 Å². The van der Waals surface area contributed by atoms with Gasteiger partial charge in [0.15, 0.2) is 6.29 Å². The fraction of sp³-hybridized carbons (Fsp3) is 0.636. The van der Waals surface area contributed by atoms with E-state index in [1.54, 1.807) is 11.4 Å². The van der Waals surface area contributed by atoms with Crippen molar-refractivity contribution in [3.8, 4) is 0 Å². The minimum atomic E-state index is -0.978. The smallest absolute Gasteiger partial charge is 0.193 e. The van der Waals surface area contributed by atoms with E-state index in [0.29, 0.717) is 18.8 Å². The van der Waals surface area contributed by atoms with E-state index in [4.69, 9.17) is 14.6 Å². The maximum atomic E-state index is 9.84. The van der Waals surface area contributed by atoms with Gasteiger partial charge in [0.2, 0.25) is 0 Å². The highest BCUT2D eigenvalue weighted by Crippen LogP contribution is 2.32. The third-order valence-electron chi connectivity index (χ3n) is 2.62. The molecule has 0 aliphatic carbocycles. The third kappa shape index (κ3) is 3.04. The summed E-state index contributed by atoms with van der Waals surface area (Å²) in [7, 11) is 0. The van der Waals surface area contributed by atoms with E-state index < -0.39 is 12.2 Å². The molecule has 3 N–H and O–H groups in total. The number of hydrogen-bond acceptors (Lipinski definition) is 6.